The van der Waals surface area contributed by atoms with Crippen LogP contribution in [0.25, 0.3) is 0 Å². The summed E-state index contributed by atoms with van der Waals surface area (Å²) in [5, 5.41) is -1.64. The van der Waals surface area contributed by atoms with Crippen molar-refractivity contribution in [2.24, 2.45) is 0 Å². The Bertz CT molecular complexity index is 172. The third kappa shape index (κ3) is 2.26. The Morgan fingerprint density at radius 2 is 0.929 bits per heavy atom. The van der Waals surface area contributed by atoms with E-state index < -0.39 is 21.5 Å². The first-order chi connectivity index (χ1) is 6.54. The van der Waals surface area contributed by atoms with Crippen LogP contribution in [0.5, 0.6) is 0 Å². The molecule has 1 aliphatic rings. The van der Waals surface area contributed by atoms with E-state index >= 15 is 0 Å². The molecule has 0 aromatic rings. The highest BCUT2D eigenvalue weighted by Gasteiger charge is 2.49. The van der Waals surface area contributed by atoms with Crippen molar-refractivity contribution in [2.45, 2.75) is 33.7 Å². The van der Waals surface area contributed by atoms with Crippen molar-refractivity contribution in [1.82, 2.24) is 0 Å². The molecular formula is C8H12Cl4O2. The third-order valence-electron chi connectivity index (χ3n) is 2.41. The maximum atomic E-state index is 6.09. The standard InChI is InChI=1S/C8H12Cl4O2/c1-13-7-5(11)3(9)4(10)6(12)8(7)14-2/h3-8H,1-2H3/t3-,4+,5+,6-,7-,8+. The van der Waals surface area contributed by atoms with Gasteiger partial charge in [-0.25, -0.2) is 0 Å². The van der Waals surface area contributed by atoms with Crippen LogP contribution in [0.2, 0.25) is 0 Å². The molecule has 1 fully saturated rings. The van der Waals surface area contributed by atoms with Crippen molar-refractivity contribution in [3.63, 3.8) is 0 Å². The Morgan fingerprint density at radius 3 is 1.14 bits per heavy atom. The van der Waals surface area contributed by atoms with Gasteiger partial charge in [-0.1, -0.05) is 0 Å². The highest BCUT2D eigenvalue weighted by atomic mass is 35.5. The van der Waals surface area contributed by atoms with Crippen molar-refractivity contribution in [3.05, 3.63) is 0 Å². The average molecular weight is 282 g/mol. The van der Waals surface area contributed by atoms with Gasteiger partial charge in [0.25, 0.3) is 0 Å². The Balaban J connectivity index is 2.84. The molecule has 2 nitrogen and oxygen atoms in total. The molecule has 84 valence electrons. The minimum atomic E-state index is -0.419. The molecule has 0 heterocycles. The average Bonchev–Trinajstić information content (AvgIpc) is 2.20. The second-order valence-electron chi connectivity index (χ2n) is 3.18. The number of hydrogen-bond acceptors (Lipinski definition) is 2. The summed E-state index contributed by atoms with van der Waals surface area (Å²) in [6, 6.07) is 0. The topological polar surface area (TPSA) is 18.5 Å². The molecule has 0 radical (unpaired) electrons. The lowest BCUT2D eigenvalue weighted by Gasteiger charge is -2.41. The zero-order valence-corrected chi connectivity index (χ0v) is 10.8. The summed E-state index contributed by atoms with van der Waals surface area (Å²) in [7, 11) is 3.10. The van der Waals surface area contributed by atoms with Gasteiger partial charge in [-0.15, -0.1) is 46.4 Å². The number of ether oxygens (including phenoxy) is 2. The van der Waals surface area contributed by atoms with E-state index in [0.29, 0.717) is 0 Å². The van der Waals surface area contributed by atoms with Gasteiger partial charge in [0.2, 0.25) is 0 Å². The SMILES string of the molecule is CO[C@@H]1[C@@H](Cl)[C@H](Cl)[C@H](Cl)[C@@H](Cl)[C@@H]1OC. The van der Waals surface area contributed by atoms with Gasteiger partial charge in [-0.3, -0.25) is 0 Å². The van der Waals surface area contributed by atoms with Gasteiger partial charge in [-0.05, 0) is 0 Å². The van der Waals surface area contributed by atoms with Crippen molar-refractivity contribution >= 4 is 46.4 Å². The molecule has 0 aromatic carbocycles. The van der Waals surface area contributed by atoms with Gasteiger partial charge in [0.05, 0.1) is 21.5 Å². The predicted molar refractivity (Wildman–Crippen MR) is 60.2 cm³/mol. The first-order valence-electron chi connectivity index (χ1n) is 4.16. The van der Waals surface area contributed by atoms with Crippen LogP contribution in [0.3, 0.4) is 0 Å². The monoisotopic (exact) mass is 280 g/mol. The van der Waals surface area contributed by atoms with Crippen LogP contribution in [-0.4, -0.2) is 47.9 Å². The molecule has 14 heavy (non-hydrogen) atoms. The van der Waals surface area contributed by atoms with Gasteiger partial charge in [0.1, 0.15) is 12.2 Å². The minimum Gasteiger partial charge on any atom is -0.377 e. The normalized spacial score (nSPS) is 49.3. The highest BCUT2D eigenvalue weighted by molar-refractivity contribution is 6.38. The molecule has 0 N–H and O–H groups in total. The van der Waals surface area contributed by atoms with E-state index in [2.05, 4.69) is 0 Å². The first kappa shape index (κ1) is 13.1. The van der Waals surface area contributed by atoms with Crippen LogP contribution in [-0.2, 0) is 9.47 Å². The van der Waals surface area contributed by atoms with Gasteiger partial charge < -0.3 is 9.47 Å². The molecule has 0 unspecified atom stereocenters. The second kappa shape index (κ2) is 5.42. The molecule has 1 saturated carbocycles. The maximum Gasteiger partial charge on any atom is 0.103 e. The van der Waals surface area contributed by atoms with Crippen LogP contribution in [0.4, 0.5) is 0 Å². The van der Waals surface area contributed by atoms with E-state index in [9.17, 15) is 0 Å². The Labute approximate surface area is 104 Å². The van der Waals surface area contributed by atoms with Gasteiger partial charge in [-0.2, -0.15) is 0 Å². The minimum absolute atomic E-state index is 0.332. The van der Waals surface area contributed by atoms with Crippen LogP contribution >= 0.6 is 46.4 Å². The molecule has 0 bridgehead atoms. The predicted octanol–water partition coefficient (Wildman–Crippen LogP) is 2.46. The Hall–Kier alpha value is 1.08. The smallest absolute Gasteiger partial charge is 0.103 e. The molecule has 0 amide bonds. The van der Waals surface area contributed by atoms with Crippen molar-refractivity contribution in [3.8, 4) is 0 Å². The van der Waals surface area contributed by atoms with Crippen LogP contribution in [0.1, 0.15) is 0 Å². The van der Waals surface area contributed by atoms with E-state index in [0.717, 1.165) is 0 Å². The molecule has 1 rings (SSSR count). The van der Waals surface area contributed by atoms with Crippen LogP contribution in [0, 0.1) is 0 Å². The quantitative estimate of drug-likeness (QED) is 0.724. The molecular weight excluding hydrogens is 270 g/mol. The summed E-state index contributed by atoms with van der Waals surface area (Å²) in [5.41, 5.74) is 0. The molecule has 0 saturated heterocycles. The molecule has 1 aliphatic carbocycles. The zero-order valence-electron chi connectivity index (χ0n) is 7.79. The van der Waals surface area contributed by atoms with E-state index in [1.807, 2.05) is 0 Å². The fourth-order valence-electron chi connectivity index (χ4n) is 1.60. The van der Waals surface area contributed by atoms with Crippen molar-refractivity contribution < 1.29 is 9.47 Å². The fraction of sp³-hybridized carbons (Fsp3) is 1.00. The number of methoxy groups -OCH3 is 2. The van der Waals surface area contributed by atoms with Gasteiger partial charge in [0.15, 0.2) is 0 Å². The molecule has 0 spiro atoms. The summed E-state index contributed by atoms with van der Waals surface area (Å²) < 4.78 is 10.4. The summed E-state index contributed by atoms with van der Waals surface area (Å²) in [5.74, 6) is 0. The number of alkyl halides is 4. The van der Waals surface area contributed by atoms with E-state index in [4.69, 9.17) is 55.9 Å². The van der Waals surface area contributed by atoms with Crippen LogP contribution < -0.4 is 0 Å². The lowest BCUT2D eigenvalue weighted by atomic mass is 9.92. The molecule has 6 atom stereocenters. The Kier molecular flexibility index (Phi) is 5.09. The van der Waals surface area contributed by atoms with Crippen LogP contribution in [0.15, 0.2) is 0 Å². The Morgan fingerprint density at radius 1 is 0.643 bits per heavy atom. The number of rotatable bonds is 2. The summed E-state index contributed by atoms with van der Waals surface area (Å²) >= 11 is 24.2. The van der Waals surface area contributed by atoms with E-state index in [1.54, 1.807) is 14.2 Å². The molecule has 0 aliphatic heterocycles. The molecule has 0 aromatic heterocycles. The van der Waals surface area contributed by atoms with E-state index in [-0.39, 0.29) is 12.2 Å². The lowest BCUT2D eigenvalue weighted by Crippen LogP contribution is -2.57. The largest absolute Gasteiger partial charge is 0.377 e. The third-order valence-corrected chi connectivity index (χ3v) is 4.92. The number of hydrogen-bond donors (Lipinski definition) is 0. The highest BCUT2D eigenvalue weighted by Crippen LogP contribution is 2.37. The maximum absolute atomic E-state index is 6.09. The van der Waals surface area contributed by atoms with E-state index in [1.165, 1.54) is 0 Å². The zero-order chi connectivity index (χ0) is 10.9. The van der Waals surface area contributed by atoms with Crippen molar-refractivity contribution in [2.75, 3.05) is 14.2 Å². The van der Waals surface area contributed by atoms with Gasteiger partial charge in [0, 0.05) is 14.2 Å². The number of halogens is 4. The summed E-state index contributed by atoms with van der Waals surface area (Å²) in [4.78, 5) is 0. The lowest BCUT2D eigenvalue weighted by molar-refractivity contribution is -0.0510. The fourth-order valence-corrected chi connectivity index (χ4v) is 3.16. The van der Waals surface area contributed by atoms with Gasteiger partial charge >= 0.3 is 0 Å². The summed E-state index contributed by atoms with van der Waals surface area (Å²) in [6.07, 6.45) is -0.664. The summed E-state index contributed by atoms with van der Waals surface area (Å²) in [6.45, 7) is 0. The first-order valence-corrected chi connectivity index (χ1v) is 5.91. The van der Waals surface area contributed by atoms with Crippen molar-refractivity contribution in [1.29, 1.82) is 0 Å². The molecule has 6 heteroatoms. The second-order valence-corrected chi connectivity index (χ2v) is 5.19.